The summed E-state index contributed by atoms with van der Waals surface area (Å²) in [7, 11) is 0. The average Bonchev–Trinajstić information content (AvgIpc) is 2.63. The van der Waals surface area contributed by atoms with Crippen molar-refractivity contribution in [3.05, 3.63) is 70.5 Å². The Morgan fingerprint density at radius 3 is 2.28 bits per heavy atom. The van der Waals surface area contributed by atoms with Gasteiger partial charge < -0.3 is 4.90 Å². The van der Waals surface area contributed by atoms with Crippen LogP contribution in [-0.2, 0) is 6.42 Å². The Labute approximate surface area is 149 Å². The predicted octanol–water partition coefficient (Wildman–Crippen LogP) is 3.44. The Hall–Kier alpha value is -2.20. The molecule has 4 heteroatoms. The van der Waals surface area contributed by atoms with Crippen molar-refractivity contribution in [3.63, 3.8) is 0 Å². The van der Waals surface area contributed by atoms with Gasteiger partial charge in [-0.3, -0.25) is 9.69 Å². The van der Waals surface area contributed by atoms with Gasteiger partial charge in [-0.15, -0.1) is 0 Å². The Kier molecular flexibility index (Phi) is 5.49. The summed E-state index contributed by atoms with van der Waals surface area (Å²) in [5.74, 6) is -0.0662. The molecular formula is C21H25FN2O. The van der Waals surface area contributed by atoms with Gasteiger partial charge in [0.05, 0.1) is 0 Å². The molecule has 0 aromatic heterocycles. The molecule has 0 radical (unpaired) electrons. The molecule has 0 spiro atoms. The monoisotopic (exact) mass is 340 g/mol. The van der Waals surface area contributed by atoms with Crippen molar-refractivity contribution in [3.8, 4) is 0 Å². The molecule has 0 saturated carbocycles. The molecule has 1 amide bonds. The van der Waals surface area contributed by atoms with Crippen LogP contribution in [0.2, 0.25) is 0 Å². The summed E-state index contributed by atoms with van der Waals surface area (Å²) in [6, 6.07) is 12.6. The Morgan fingerprint density at radius 2 is 1.64 bits per heavy atom. The number of carbonyl (C=O) groups is 1. The Balaban J connectivity index is 1.50. The molecule has 1 aliphatic rings. The minimum Gasteiger partial charge on any atom is -0.336 e. The second-order valence-electron chi connectivity index (χ2n) is 6.81. The maximum absolute atomic E-state index is 12.9. The lowest BCUT2D eigenvalue weighted by Crippen LogP contribution is -2.49. The van der Waals surface area contributed by atoms with E-state index in [1.54, 1.807) is 0 Å². The van der Waals surface area contributed by atoms with Crippen LogP contribution < -0.4 is 0 Å². The highest BCUT2D eigenvalue weighted by Crippen LogP contribution is 2.14. The Bertz CT molecular complexity index is 734. The van der Waals surface area contributed by atoms with E-state index in [2.05, 4.69) is 11.8 Å². The predicted molar refractivity (Wildman–Crippen MR) is 98.4 cm³/mol. The molecule has 0 atom stereocenters. The first-order chi connectivity index (χ1) is 12.0. The van der Waals surface area contributed by atoms with Crippen LogP contribution in [0.3, 0.4) is 0 Å². The van der Waals surface area contributed by atoms with Crippen LogP contribution >= 0.6 is 0 Å². The van der Waals surface area contributed by atoms with E-state index in [1.165, 1.54) is 17.7 Å². The second kappa shape index (κ2) is 7.79. The zero-order valence-corrected chi connectivity index (χ0v) is 15.0. The van der Waals surface area contributed by atoms with Crippen molar-refractivity contribution < 1.29 is 9.18 Å². The van der Waals surface area contributed by atoms with Gasteiger partial charge in [0.1, 0.15) is 5.82 Å². The number of halogens is 1. The molecule has 1 aliphatic heterocycles. The molecule has 3 rings (SSSR count). The van der Waals surface area contributed by atoms with Crippen LogP contribution in [0.25, 0.3) is 0 Å². The third kappa shape index (κ3) is 4.45. The molecule has 1 saturated heterocycles. The first kappa shape index (κ1) is 17.6. The molecule has 1 heterocycles. The van der Waals surface area contributed by atoms with Gasteiger partial charge in [0, 0.05) is 38.3 Å². The molecule has 3 nitrogen and oxygen atoms in total. The van der Waals surface area contributed by atoms with E-state index in [-0.39, 0.29) is 11.7 Å². The van der Waals surface area contributed by atoms with Gasteiger partial charge in [0.25, 0.3) is 5.91 Å². The first-order valence-corrected chi connectivity index (χ1v) is 8.86. The summed E-state index contributed by atoms with van der Waals surface area (Å²) in [4.78, 5) is 17.0. The minimum absolute atomic E-state index is 0.126. The molecule has 0 N–H and O–H groups in total. The highest BCUT2D eigenvalue weighted by atomic mass is 19.1. The topological polar surface area (TPSA) is 23.6 Å². The van der Waals surface area contributed by atoms with Crippen LogP contribution in [0.5, 0.6) is 0 Å². The maximum Gasteiger partial charge on any atom is 0.253 e. The zero-order chi connectivity index (χ0) is 17.8. The molecular weight excluding hydrogens is 315 g/mol. The van der Waals surface area contributed by atoms with Crippen LogP contribution in [-0.4, -0.2) is 48.4 Å². The summed E-state index contributed by atoms with van der Waals surface area (Å²) in [6.07, 6.45) is 0.908. The normalized spacial score (nSPS) is 15.4. The third-order valence-corrected chi connectivity index (χ3v) is 5.04. The first-order valence-electron chi connectivity index (χ1n) is 8.86. The van der Waals surface area contributed by atoms with Gasteiger partial charge in [-0.2, -0.15) is 0 Å². The standard InChI is InChI=1S/C21H25FN2O/c1-16-3-6-19(15-17(16)2)21(25)24-13-11-23(12-14-24)10-9-18-4-7-20(22)8-5-18/h3-8,15H,9-14H2,1-2H3. The highest BCUT2D eigenvalue weighted by molar-refractivity contribution is 5.94. The number of benzene rings is 2. The summed E-state index contributed by atoms with van der Waals surface area (Å²) in [5, 5.41) is 0. The summed E-state index contributed by atoms with van der Waals surface area (Å²) in [5.41, 5.74) is 4.30. The largest absolute Gasteiger partial charge is 0.336 e. The van der Waals surface area contributed by atoms with Gasteiger partial charge in [-0.1, -0.05) is 18.2 Å². The van der Waals surface area contributed by atoms with Crippen molar-refractivity contribution >= 4 is 5.91 Å². The van der Waals surface area contributed by atoms with E-state index in [4.69, 9.17) is 0 Å². The van der Waals surface area contributed by atoms with E-state index < -0.39 is 0 Å². The van der Waals surface area contributed by atoms with Gasteiger partial charge >= 0.3 is 0 Å². The van der Waals surface area contributed by atoms with E-state index in [1.807, 2.05) is 42.2 Å². The Morgan fingerprint density at radius 1 is 0.960 bits per heavy atom. The van der Waals surface area contributed by atoms with Gasteiger partial charge in [0.15, 0.2) is 0 Å². The fraction of sp³-hybridized carbons (Fsp3) is 0.381. The van der Waals surface area contributed by atoms with E-state index in [0.29, 0.717) is 0 Å². The number of carbonyl (C=O) groups excluding carboxylic acids is 1. The van der Waals surface area contributed by atoms with Crippen molar-refractivity contribution in [1.29, 1.82) is 0 Å². The molecule has 132 valence electrons. The zero-order valence-electron chi connectivity index (χ0n) is 15.0. The lowest BCUT2D eigenvalue weighted by atomic mass is 10.1. The van der Waals surface area contributed by atoms with Gasteiger partial charge in [-0.25, -0.2) is 4.39 Å². The SMILES string of the molecule is Cc1ccc(C(=O)N2CCN(CCc3ccc(F)cc3)CC2)cc1C. The molecule has 0 unspecified atom stereocenters. The molecule has 2 aromatic rings. The van der Waals surface area contributed by atoms with Crippen LogP contribution in [0.1, 0.15) is 27.0 Å². The van der Waals surface area contributed by atoms with Crippen molar-refractivity contribution in [2.24, 2.45) is 0 Å². The molecule has 25 heavy (non-hydrogen) atoms. The fourth-order valence-corrected chi connectivity index (χ4v) is 3.17. The van der Waals surface area contributed by atoms with Crippen LogP contribution in [0, 0.1) is 19.7 Å². The number of piperazine rings is 1. The lowest BCUT2D eigenvalue weighted by Gasteiger charge is -2.34. The summed E-state index contributed by atoms with van der Waals surface area (Å²) >= 11 is 0. The number of aryl methyl sites for hydroxylation is 2. The molecule has 0 aliphatic carbocycles. The van der Waals surface area contributed by atoms with Crippen LogP contribution in [0.4, 0.5) is 4.39 Å². The van der Waals surface area contributed by atoms with Gasteiger partial charge in [-0.05, 0) is 61.2 Å². The second-order valence-corrected chi connectivity index (χ2v) is 6.81. The average molecular weight is 340 g/mol. The van der Waals surface area contributed by atoms with Gasteiger partial charge in [0.2, 0.25) is 0 Å². The number of hydrogen-bond donors (Lipinski definition) is 0. The molecule has 1 fully saturated rings. The molecule has 0 bridgehead atoms. The quantitative estimate of drug-likeness (QED) is 0.851. The number of amides is 1. The van der Waals surface area contributed by atoms with E-state index >= 15 is 0 Å². The smallest absolute Gasteiger partial charge is 0.253 e. The number of nitrogens with zero attached hydrogens (tertiary/aromatic N) is 2. The van der Waals surface area contributed by atoms with Crippen molar-refractivity contribution in [1.82, 2.24) is 9.80 Å². The van der Waals surface area contributed by atoms with E-state index in [0.717, 1.165) is 55.8 Å². The van der Waals surface area contributed by atoms with E-state index in [9.17, 15) is 9.18 Å². The lowest BCUT2D eigenvalue weighted by molar-refractivity contribution is 0.0638. The maximum atomic E-state index is 12.9. The van der Waals surface area contributed by atoms with Crippen LogP contribution in [0.15, 0.2) is 42.5 Å². The van der Waals surface area contributed by atoms with Crippen molar-refractivity contribution in [2.45, 2.75) is 20.3 Å². The summed E-state index contributed by atoms with van der Waals surface area (Å²) in [6.45, 7) is 8.33. The summed E-state index contributed by atoms with van der Waals surface area (Å²) < 4.78 is 12.9. The fourth-order valence-electron chi connectivity index (χ4n) is 3.17. The third-order valence-electron chi connectivity index (χ3n) is 5.04. The highest BCUT2D eigenvalue weighted by Gasteiger charge is 2.22. The minimum atomic E-state index is -0.192. The van der Waals surface area contributed by atoms with Crippen molar-refractivity contribution in [2.75, 3.05) is 32.7 Å². The molecule has 2 aromatic carbocycles. The number of hydrogen-bond acceptors (Lipinski definition) is 2. The number of rotatable bonds is 4.